The molecule has 0 unspecified atom stereocenters. The molecule has 0 saturated heterocycles. The van der Waals surface area contributed by atoms with Gasteiger partial charge in [-0.3, -0.25) is 9.78 Å². The highest BCUT2D eigenvalue weighted by Gasteiger charge is 2.27. The highest BCUT2D eigenvalue weighted by atomic mass is 35.5. The van der Waals surface area contributed by atoms with Gasteiger partial charge in [-0.05, 0) is 17.5 Å². The van der Waals surface area contributed by atoms with Gasteiger partial charge >= 0.3 is 0 Å². The van der Waals surface area contributed by atoms with Gasteiger partial charge < -0.3 is 11.1 Å². The Morgan fingerprint density at radius 1 is 1.41 bits per heavy atom. The summed E-state index contributed by atoms with van der Waals surface area (Å²) >= 11 is 0. The average Bonchev–Trinajstić information content (AvgIpc) is 2.16. The van der Waals surface area contributed by atoms with Crippen LogP contribution in [0, 0.1) is 5.41 Å². The number of halogens is 2. The van der Waals surface area contributed by atoms with E-state index >= 15 is 0 Å². The molecule has 0 spiro atoms. The highest BCUT2D eigenvalue weighted by molar-refractivity contribution is 5.95. The standard InChI is InChI=1S/C11H17N3O.2ClH/c1-11(2,3)9(12)10(15)14-8-5-4-6-13-7-8;;/h4-7,9H,12H2,1-3H3,(H,14,15);2*1H/t9-;;/m1../s1. The average molecular weight is 280 g/mol. The molecule has 1 amide bonds. The van der Waals surface area contributed by atoms with E-state index in [1.165, 1.54) is 0 Å². The number of amides is 1. The lowest BCUT2D eigenvalue weighted by Crippen LogP contribution is -2.45. The molecule has 1 aromatic heterocycles. The molecule has 1 aromatic rings. The summed E-state index contributed by atoms with van der Waals surface area (Å²) in [5, 5.41) is 2.72. The second kappa shape index (κ2) is 7.48. The monoisotopic (exact) mass is 279 g/mol. The van der Waals surface area contributed by atoms with Crippen molar-refractivity contribution in [3.05, 3.63) is 24.5 Å². The summed E-state index contributed by atoms with van der Waals surface area (Å²) in [4.78, 5) is 15.6. The molecule has 0 radical (unpaired) electrons. The zero-order chi connectivity index (χ0) is 11.5. The van der Waals surface area contributed by atoms with Crippen LogP contribution in [0.2, 0.25) is 0 Å². The van der Waals surface area contributed by atoms with Crippen LogP contribution >= 0.6 is 24.8 Å². The first-order valence-corrected chi connectivity index (χ1v) is 4.88. The summed E-state index contributed by atoms with van der Waals surface area (Å²) in [7, 11) is 0. The Balaban J connectivity index is 0. The van der Waals surface area contributed by atoms with Crippen LogP contribution in [-0.2, 0) is 4.79 Å². The van der Waals surface area contributed by atoms with Crippen LogP contribution in [0.1, 0.15) is 20.8 Å². The Labute approximate surface area is 114 Å². The quantitative estimate of drug-likeness (QED) is 0.873. The van der Waals surface area contributed by atoms with E-state index in [0.717, 1.165) is 0 Å². The summed E-state index contributed by atoms with van der Waals surface area (Å²) in [5.41, 5.74) is 6.23. The number of nitrogens with two attached hydrogens (primary N) is 1. The number of hydrogen-bond acceptors (Lipinski definition) is 3. The number of rotatable bonds is 2. The van der Waals surface area contributed by atoms with E-state index in [0.29, 0.717) is 5.69 Å². The van der Waals surface area contributed by atoms with Crippen molar-refractivity contribution in [2.75, 3.05) is 5.32 Å². The van der Waals surface area contributed by atoms with Gasteiger partial charge in [0.15, 0.2) is 0 Å². The Kier molecular flexibility index (Phi) is 8.15. The van der Waals surface area contributed by atoms with Gasteiger partial charge in [0.05, 0.1) is 17.9 Å². The Hall–Kier alpha value is -0.840. The molecule has 1 heterocycles. The molecule has 98 valence electrons. The third-order valence-electron chi connectivity index (χ3n) is 2.14. The third-order valence-corrected chi connectivity index (χ3v) is 2.14. The van der Waals surface area contributed by atoms with E-state index in [1.807, 2.05) is 20.8 Å². The molecular weight excluding hydrogens is 261 g/mol. The van der Waals surface area contributed by atoms with Gasteiger partial charge in [-0.2, -0.15) is 0 Å². The molecule has 0 aliphatic rings. The zero-order valence-corrected chi connectivity index (χ0v) is 11.8. The number of carbonyl (C=O) groups excluding carboxylic acids is 1. The summed E-state index contributed by atoms with van der Waals surface area (Å²) in [6, 6.07) is 3.01. The predicted molar refractivity (Wildman–Crippen MR) is 74.8 cm³/mol. The summed E-state index contributed by atoms with van der Waals surface area (Å²) in [6.45, 7) is 5.79. The van der Waals surface area contributed by atoms with Gasteiger partial charge in [-0.25, -0.2) is 0 Å². The van der Waals surface area contributed by atoms with Crippen LogP contribution < -0.4 is 11.1 Å². The van der Waals surface area contributed by atoms with E-state index in [-0.39, 0.29) is 36.1 Å². The van der Waals surface area contributed by atoms with E-state index in [4.69, 9.17) is 5.73 Å². The molecule has 0 bridgehead atoms. The Bertz CT molecular complexity index is 338. The molecule has 0 aliphatic heterocycles. The van der Waals surface area contributed by atoms with E-state index < -0.39 is 6.04 Å². The molecule has 0 aromatic carbocycles. The molecule has 3 N–H and O–H groups in total. The topological polar surface area (TPSA) is 68.0 Å². The predicted octanol–water partition coefficient (Wildman–Crippen LogP) is 2.24. The van der Waals surface area contributed by atoms with Crippen LogP contribution in [0.15, 0.2) is 24.5 Å². The molecule has 0 aliphatic carbocycles. The van der Waals surface area contributed by atoms with Crippen molar-refractivity contribution >= 4 is 36.4 Å². The van der Waals surface area contributed by atoms with Crippen molar-refractivity contribution in [2.24, 2.45) is 11.1 Å². The van der Waals surface area contributed by atoms with Crippen molar-refractivity contribution in [1.29, 1.82) is 0 Å². The number of nitrogens with one attached hydrogen (secondary N) is 1. The number of pyridine rings is 1. The number of hydrogen-bond donors (Lipinski definition) is 2. The minimum atomic E-state index is -0.530. The Morgan fingerprint density at radius 3 is 2.41 bits per heavy atom. The lowest BCUT2D eigenvalue weighted by molar-refractivity contribution is -0.119. The maximum Gasteiger partial charge on any atom is 0.241 e. The molecule has 6 heteroatoms. The normalized spacial score (nSPS) is 11.8. The smallest absolute Gasteiger partial charge is 0.241 e. The van der Waals surface area contributed by atoms with E-state index in [2.05, 4.69) is 10.3 Å². The number of anilines is 1. The fourth-order valence-electron chi connectivity index (χ4n) is 1.05. The highest BCUT2D eigenvalue weighted by Crippen LogP contribution is 2.18. The zero-order valence-electron chi connectivity index (χ0n) is 10.1. The molecule has 17 heavy (non-hydrogen) atoms. The second-order valence-electron chi connectivity index (χ2n) is 4.57. The SMILES string of the molecule is CC(C)(C)[C@H](N)C(=O)Nc1cccnc1.Cl.Cl. The number of aromatic nitrogens is 1. The lowest BCUT2D eigenvalue weighted by atomic mass is 9.87. The molecule has 0 fully saturated rings. The van der Waals surface area contributed by atoms with Gasteiger partial charge in [0.1, 0.15) is 0 Å². The Morgan fingerprint density at radius 2 is 2.00 bits per heavy atom. The van der Waals surface area contributed by atoms with Gasteiger partial charge in [0.2, 0.25) is 5.91 Å². The van der Waals surface area contributed by atoms with Crippen LogP contribution in [-0.4, -0.2) is 16.9 Å². The lowest BCUT2D eigenvalue weighted by Gasteiger charge is -2.25. The number of nitrogens with zero attached hydrogens (tertiary/aromatic N) is 1. The molecule has 1 atom stereocenters. The first-order chi connectivity index (χ1) is 6.91. The van der Waals surface area contributed by atoms with E-state index in [9.17, 15) is 4.79 Å². The van der Waals surface area contributed by atoms with Crippen LogP contribution in [0.25, 0.3) is 0 Å². The molecule has 4 nitrogen and oxygen atoms in total. The summed E-state index contributed by atoms with van der Waals surface area (Å²) < 4.78 is 0. The van der Waals surface area contributed by atoms with Crippen molar-refractivity contribution in [1.82, 2.24) is 4.98 Å². The van der Waals surface area contributed by atoms with Gasteiger partial charge in [0.25, 0.3) is 0 Å². The maximum absolute atomic E-state index is 11.7. The summed E-state index contributed by atoms with van der Waals surface area (Å²) in [6.07, 6.45) is 3.24. The van der Waals surface area contributed by atoms with Crippen molar-refractivity contribution < 1.29 is 4.79 Å². The minimum Gasteiger partial charge on any atom is -0.323 e. The first-order valence-electron chi connectivity index (χ1n) is 4.88. The van der Waals surface area contributed by atoms with Crippen molar-refractivity contribution in [3.63, 3.8) is 0 Å². The minimum absolute atomic E-state index is 0. The third kappa shape index (κ3) is 5.86. The van der Waals surface area contributed by atoms with Crippen LogP contribution in [0.3, 0.4) is 0 Å². The molecule has 1 rings (SSSR count). The second-order valence-corrected chi connectivity index (χ2v) is 4.57. The van der Waals surface area contributed by atoms with Crippen molar-refractivity contribution in [3.8, 4) is 0 Å². The van der Waals surface area contributed by atoms with E-state index in [1.54, 1.807) is 24.5 Å². The fourth-order valence-corrected chi connectivity index (χ4v) is 1.05. The van der Waals surface area contributed by atoms with Gasteiger partial charge in [0, 0.05) is 6.20 Å². The first kappa shape index (κ1) is 18.5. The maximum atomic E-state index is 11.7. The van der Waals surface area contributed by atoms with Crippen LogP contribution in [0.5, 0.6) is 0 Å². The largest absolute Gasteiger partial charge is 0.323 e. The van der Waals surface area contributed by atoms with Gasteiger partial charge in [-0.15, -0.1) is 24.8 Å². The van der Waals surface area contributed by atoms with Crippen molar-refractivity contribution in [2.45, 2.75) is 26.8 Å². The summed E-state index contributed by atoms with van der Waals surface area (Å²) in [5.74, 6) is -0.185. The van der Waals surface area contributed by atoms with Gasteiger partial charge in [-0.1, -0.05) is 20.8 Å². The molecular formula is C11H19Cl2N3O. The fraction of sp³-hybridized carbons (Fsp3) is 0.455. The number of carbonyl (C=O) groups is 1. The van der Waals surface area contributed by atoms with Crippen LogP contribution in [0.4, 0.5) is 5.69 Å². The molecule has 0 saturated carbocycles.